The summed E-state index contributed by atoms with van der Waals surface area (Å²) in [6.07, 6.45) is 2.04. The molecular weight excluding hydrogens is 661 g/mol. The number of hydrogen-bond donors (Lipinski definition) is 3. The molecule has 2 amide bonds. The van der Waals surface area contributed by atoms with Crippen LogP contribution in [0.15, 0.2) is 42.5 Å². The van der Waals surface area contributed by atoms with Crippen molar-refractivity contribution < 1.29 is 37.9 Å². The summed E-state index contributed by atoms with van der Waals surface area (Å²) in [6, 6.07) is 13.3. The third-order valence-corrected chi connectivity index (χ3v) is 10.7. The minimum absolute atomic E-state index is 0.0575. The van der Waals surface area contributed by atoms with Crippen molar-refractivity contribution in [3.8, 4) is 5.75 Å². The van der Waals surface area contributed by atoms with E-state index in [2.05, 4.69) is 36.7 Å². The van der Waals surface area contributed by atoms with Crippen molar-refractivity contribution in [2.45, 2.75) is 123 Å². The van der Waals surface area contributed by atoms with Crippen LogP contribution in [0.25, 0.3) is 0 Å². The Kier molecular flexibility index (Phi) is 11.7. The number of esters is 1. The van der Waals surface area contributed by atoms with Crippen molar-refractivity contribution in [2.24, 2.45) is 17.3 Å². The predicted molar refractivity (Wildman–Crippen MR) is 200 cm³/mol. The zero-order chi connectivity index (χ0) is 38.1. The fraction of sp³-hybridized carbons (Fsp3) is 0.625. The highest BCUT2D eigenvalue weighted by Crippen LogP contribution is 2.65. The molecule has 5 atom stereocenters. The van der Waals surface area contributed by atoms with Gasteiger partial charge in [0.05, 0.1) is 31.2 Å². The van der Waals surface area contributed by atoms with Crippen LogP contribution in [0.2, 0.25) is 0 Å². The Morgan fingerprint density at radius 2 is 1.60 bits per heavy atom. The first-order valence-electron chi connectivity index (χ1n) is 18.6. The smallest absolute Gasteiger partial charge is 0.482 e. The first-order valence-corrected chi connectivity index (χ1v) is 18.6. The maximum Gasteiger partial charge on any atom is 0.482 e. The molecule has 3 N–H and O–H groups in total. The minimum Gasteiger partial charge on any atom is -0.496 e. The van der Waals surface area contributed by atoms with Gasteiger partial charge in [-0.3, -0.25) is 4.79 Å². The number of para-hydroxylation sites is 1. The second-order valence-electron chi connectivity index (χ2n) is 17.3. The van der Waals surface area contributed by atoms with E-state index < -0.39 is 41.9 Å². The van der Waals surface area contributed by atoms with Crippen LogP contribution in [0, 0.1) is 17.3 Å². The lowest BCUT2D eigenvalue weighted by Crippen LogP contribution is -2.65. The highest BCUT2D eigenvalue weighted by molar-refractivity contribution is 6.48. The van der Waals surface area contributed by atoms with E-state index in [9.17, 15) is 14.4 Å². The Labute approximate surface area is 309 Å². The van der Waals surface area contributed by atoms with Gasteiger partial charge in [0.1, 0.15) is 22.5 Å². The molecule has 3 aliphatic carbocycles. The minimum atomic E-state index is -0.678. The van der Waals surface area contributed by atoms with Gasteiger partial charge in [-0.15, -0.1) is 0 Å². The van der Waals surface area contributed by atoms with Crippen molar-refractivity contribution >= 4 is 25.1 Å². The summed E-state index contributed by atoms with van der Waals surface area (Å²) in [5.74, 6) is 0.176. The number of rotatable bonds is 13. The Morgan fingerprint density at radius 1 is 0.923 bits per heavy atom. The molecule has 11 nitrogen and oxygen atoms in total. The molecule has 284 valence electrons. The van der Waals surface area contributed by atoms with Gasteiger partial charge in [-0.05, 0) is 108 Å². The maximum atomic E-state index is 13.7. The molecule has 0 radical (unpaired) electrons. The molecule has 5 unspecified atom stereocenters. The van der Waals surface area contributed by atoms with E-state index >= 15 is 0 Å². The van der Waals surface area contributed by atoms with E-state index in [0.717, 1.165) is 29.5 Å². The van der Waals surface area contributed by atoms with Crippen molar-refractivity contribution in [3.63, 3.8) is 0 Å². The molecule has 0 aromatic heterocycles. The third kappa shape index (κ3) is 9.30. The summed E-state index contributed by atoms with van der Waals surface area (Å²) in [5, 5.41) is 9.29. The Hall–Kier alpha value is -3.61. The number of alkyl carbamates (subject to hydrolysis) is 1. The Balaban J connectivity index is 1.25. The van der Waals surface area contributed by atoms with Gasteiger partial charge in [-0.2, -0.15) is 0 Å². The molecule has 2 aromatic rings. The molecule has 12 heteroatoms. The normalized spacial score (nSPS) is 23.9. The van der Waals surface area contributed by atoms with Crippen LogP contribution in [0.3, 0.4) is 0 Å². The average Bonchev–Trinajstić information content (AvgIpc) is 3.40. The van der Waals surface area contributed by atoms with E-state index in [-0.39, 0.29) is 23.8 Å². The van der Waals surface area contributed by atoms with E-state index in [0.29, 0.717) is 49.2 Å². The van der Waals surface area contributed by atoms with Crippen LogP contribution >= 0.6 is 0 Å². The zero-order valence-corrected chi connectivity index (χ0v) is 32.6. The molecule has 52 heavy (non-hydrogen) atoms. The molecule has 1 heterocycles. The van der Waals surface area contributed by atoms with Crippen molar-refractivity contribution in [2.75, 3.05) is 20.2 Å². The van der Waals surface area contributed by atoms with E-state index in [1.807, 2.05) is 71.9 Å². The van der Waals surface area contributed by atoms with Crippen molar-refractivity contribution in [1.82, 2.24) is 16.0 Å². The largest absolute Gasteiger partial charge is 0.496 e. The molecule has 6 rings (SSSR count). The van der Waals surface area contributed by atoms with Crippen LogP contribution in [-0.2, 0) is 43.0 Å². The fourth-order valence-corrected chi connectivity index (χ4v) is 8.02. The van der Waals surface area contributed by atoms with Gasteiger partial charge in [0.15, 0.2) is 0 Å². The van der Waals surface area contributed by atoms with Crippen LogP contribution in [-0.4, -0.2) is 74.1 Å². The second kappa shape index (κ2) is 15.4. The molecule has 2 aromatic carbocycles. The molecule has 4 fully saturated rings. The van der Waals surface area contributed by atoms with E-state index in [4.69, 9.17) is 23.5 Å². The lowest BCUT2D eigenvalue weighted by Gasteiger charge is -2.64. The van der Waals surface area contributed by atoms with Crippen molar-refractivity contribution in [1.29, 1.82) is 0 Å². The van der Waals surface area contributed by atoms with E-state index in [1.165, 1.54) is 7.11 Å². The molecule has 3 saturated carbocycles. The first-order chi connectivity index (χ1) is 24.3. The monoisotopic (exact) mass is 719 g/mol. The molecule has 1 saturated heterocycles. The topological polar surface area (TPSA) is 133 Å². The number of carbonyl (C=O) groups is 3. The highest BCUT2D eigenvalue weighted by atomic mass is 16.7. The molecule has 4 aliphatic rings. The van der Waals surface area contributed by atoms with Crippen LogP contribution in [0.4, 0.5) is 4.79 Å². The summed E-state index contributed by atoms with van der Waals surface area (Å²) >= 11 is 0. The summed E-state index contributed by atoms with van der Waals surface area (Å²) in [7, 11) is 0.857. The summed E-state index contributed by atoms with van der Waals surface area (Å²) in [4.78, 5) is 38.7. The average molecular weight is 720 g/mol. The Bertz CT molecular complexity index is 1600. The first kappa shape index (κ1) is 39.6. The number of nitrogens with one attached hydrogen (secondary N) is 3. The number of benzene rings is 2. The van der Waals surface area contributed by atoms with Crippen LogP contribution in [0.5, 0.6) is 5.75 Å². The Morgan fingerprint density at radius 3 is 2.23 bits per heavy atom. The van der Waals surface area contributed by atoms with Gasteiger partial charge in [0, 0.05) is 19.6 Å². The maximum absolute atomic E-state index is 13.7. The van der Waals surface area contributed by atoms with Gasteiger partial charge in [-0.1, -0.05) is 50.2 Å². The SMILES string of the molecule is COc1c(CC(NC(=O)Cc2ccc(CNCCNC(=O)OC(C)(C)C)cc2)B2OC3CC4CC(C4(C)C)C3(C)O2)cccc1C(=O)OC(C)(C)C. The molecule has 2 bridgehead atoms. The zero-order valence-electron chi connectivity index (χ0n) is 32.6. The molecular formula is C40H58BN3O8. The van der Waals surface area contributed by atoms with E-state index in [1.54, 1.807) is 12.1 Å². The van der Waals surface area contributed by atoms with Crippen molar-refractivity contribution in [3.05, 3.63) is 64.7 Å². The number of amides is 2. The summed E-state index contributed by atoms with van der Waals surface area (Å²) in [6.45, 7) is 19.4. The van der Waals surface area contributed by atoms with Gasteiger partial charge in [0.2, 0.25) is 5.91 Å². The lowest BCUT2D eigenvalue weighted by atomic mass is 9.43. The van der Waals surface area contributed by atoms with Gasteiger partial charge in [-0.25, -0.2) is 9.59 Å². The predicted octanol–water partition coefficient (Wildman–Crippen LogP) is 5.80. The fourth-order valence-electron chi connectivity index (χ4n) is 8.02. The number of hydrogen-bond acceptors (Lipinski definition) is 9. The highest BCUT2D eigenvalue weighted by Gasteiger charge is 2.68. The van der Waals surface area contributed by atoms with Crippen LogP contribution in [0.1, 0.15) is 102 Å². The number of ether oxygens (including phenoxy) is 3. The van der Waals surface area contributed by atoms with Gasteiger partial charge in [0.25, 0.3) is 0 Å². The molecule has 1 aliphatic heterocycles. The lowest BCUT2D eigenvalue weighted by molar-refractivity contribution is -0.199. The molecule has 0 spiro atoms. The summed E-state index contributed by atoms with van der Waals surface area (Å²) < 4.78 is 30.2. The summed E-state index contributed by atoms with van der Waals surface area (Å²) in [5.41, 5.74) is 1.50. The van der Waals surface area contributed by atoms with Gasteiger partial charge >= 0.3 is 19.2 Å². The van der Waals surface area contributed by atoms with Crippen LogP contribution < -0.4 is 20.7 Å². The number of methoxy groups -OCH3 is 1. The van der Waals surface area contributed by atoms with Gasteiger partial charge < -0.3 is 39.5 Å². The standard InChI is InChI=1S/C40H58BN3O8/c1-37(2,3)49-35(46)29-13-11-12-27(34(29)48-10)21-32(41-51-31-23-28-22-30(39(28,7)8)40(31,9)52-41)44-33(45)20-25-14-16-26(17-15-25)24-42-18-19-43-36(47)50-38(4,5)6/h11-17,28,30-32,42H,18-24H2,1-10H3,(H,43,47)(H,44,45). The third-order valence-electron chi connectivity index (χ3n) is 10.7. The number of carbonyl (C=O) groups excluding carboxylic acids is 3. The second-order valence-corrected chi connectivity index (χ2v) is 17.3. The quantitative estimate of drug-likeness (QED) is 0.133.